The minimum Gasteiger partial charge on any atom is -0.478 e. The molecule has 7 nitrogen and oxygen atoms in total. The molecule has 8 heteroatoms. The average molecular weight is 338 g/mol. The summed E-state index contributed by atoms with van der Waals surface area (Å²) in [5.41, 5.74) is 0.749. The number of hydrogen-bond acceptors (Lipinski definition) is 5. The molecule has 0 unspecified atom stereocenters. The molecule has 0 aliphatic heterocycles. The smallest absolute Gasteiger partial charge is 0.335 e. The number of carboxylic acid groups (broad SMARTS) is 1. The standard InChI is InChI=1S/C12H8BrN3O4/c13-9-5-14-6-10(16(19)20)11(9)15-8-3-1-7(2-4-8)12(17)18/h1-6H,(H,14,15)(H,17,18). The highest BCUT2D eigenvalue weighted by Crippen LogP contribution is 2.33. The molecule has 0 bridgehead atoms. The van der Waals surface area contributed by atoms with Gasteiger partial charge in [-0.3, -0.25) is 15.1 Å². The van der Waals surface area contributed by atoms with Gasteiger partial charge in [0.1, 0.15) is 11.9 Å². The first-order chi connectivity index (χ1) is 9.49. The van der Waals surface area contributed by atoms with Gasteiger partial charge in [-0.1, -0.05) is 0 Å². The van der Waals surface area contributed by atoms with Crippen LogP contribution in [0.5, 0.6) is 0 Å². The van der Waals surface area contributed by atoms with Crippen molar-refractivity contribution in [2.45, 2.75) is 0 Å². The van der Waals surface area contributed by atoms with Crippen LogP contribution in [-0.2, 0) is 0 Å². The number of pyridine rings is 1. The van der Waals surface area contributed by atoms with Gasteiger partial charge in [-0.15, -0.1) is 0 Å². The number of carbonyl (C=O) groups is 1. The number of nitrogens with zero attached hydrogens (tertiary/aromatic N) is 2. The SMILES string of the molecule is O=C(O)c1ccc(Nc2c(Br)cncc2[N+](=O)[O-])cc1. The molecule has 0 amide bonds. The van der Waals surface area contributed by atoms with Gasteiger partial charge in [-0.05, 0) is 40.2 Å². The number of halogens is 1. The molecule has 0 aliphatic carbocycles. The molecule has 0 aliphatic rings. The Bertz CT molecular complexity index is 673. The zero-order chi connectivity index (χ0) is 14.7. The van der Waals surface area contributed by atoms with Crippen LogP contribution in [0.1, 0.15) is 10.4 Å². The summed E-state index contributed by atoms with van der Waals surface area (Å²) in [7, 11) is 0. The van der Waals surface area contributed by atoms with E-state index in [1.807, 2.05) is 0 Å². The molecule has 0 atom stereocenters. The summed E-state index contributed by atoms with van der Waals surface area (Å²) in [6, 6.07) is 5.87. The van der Waals surface area contributed by atoms with E-state index in [0.717, 1.165) is 6.20 Å². The maximum Gasteiger partial charge on any atom is 0.335 e. The van der Waals surface area contributed by atoms with Crippen molar-refractivity contribution >= 4 is 39.0 Å². The van der Waals surface area contributed by atoms with E-state index in [0.29, 0.717) is 10.2 Å². The molecule has 0 saturated heterocycles. The summed E-state index contributed by atoms with van der Waals surface area (Å²) in [6.45, 7) is 0. The molecule has 2 rings (SSSR count). The predicted octanol–water partition coefficient (Wildman–Crippen LogP) is 3.19. The van der Waals surface area contributed by atoms with Crippen molar-refractivity contribution < 1.29 is 14.8 Å². The molecule has 0 spiro atoms. The summed E-state index contributed by atoms with van der Waals surface area (Å²) in [5, 5.41) is 22.6. The zero-order valence-electron chi connectivity index (χ0n) is 9.91. The molecule has 0 saturated carbocycles. The second-order valence-corrected chi connectivity index (χ2v) is 4.63. The van der Waals surface area contributed by atoms with Crippen LogP contribution >= 0.6 is 15.9 Å². The quantitative estimate of drug-likeness (QED) is 0.655. The Morgan fingerprint density at radius 3 is 2.50 bits per heavy atom. The van der Waals surface area contributed by atoms with Crippen LogP contribution in [0, 0.1) is 10.1 Å². The van der Waals surface area contributed by atoms with Crippen LogP contribution < -0.4 is 5.32 Å². The first-order valence-electron chi connectivity index (χ1n) is 5.37. The van der Waals surface area contributed by atoms with Crippen LogP contribution in [0.4, 0.5) is 17.1 Å². The molecule has 1 heterocycles. The number of carboxylic acids is 1. The lowest BCUT2D eigenvalue weighted by Crippen LogP contribution is -2.00. The fourth-order valence-corrected chi connectivity index (χ4v) is 1.95. The van der Waals surface area contributed by atoms with E-state index in [4.69, 9.17) is 5.11 Å². The minimum absolute atomic E-state index is 0.138. The van der Waals surface area contributed by atoms with E-state index in [2.05, 4.69) is 26.2 Å². The van der Waals surface area contributed by atoms with Gasteiger partial charge >= 0.3 is 11.7 Å². The van der Waals surface area contributed by atoms with E-state index in [1.54, 1.807) is 0 Å². The third-order valence-electron chi connectivity index (χ3n) is 2.48. The number of hydrogen-bond donors (Lipinski definition) is 2. The largest absolute Gasteiger partial charge is 0.478 e. The highest BCUT2D eigenvalue weighted by molar-refractivity contribution is 9.10. The topological polar surface area (TPSA) is 105 Å². The third kappa shape index (κ3) is 2.91. The average Bonchev–Trinajstić information content (AvgIpc) is 2.41. The van der Waals surface area contributed by atoms with E-state index >= 15 is 0 Å². The van der Waals surface area contributed by atoms with Crippen LogP contribution in [0.25, 0.3) is 0 Å². The van der Waals surface area contributed by atoms with Crippen LogP contribution in [0.2, 0.25) is 0 Å². The van der Waals surface area contributed by atoms with Gasteiger partial charge in [0.05, 0.1) is 15.0 Å². The van der Waals surface area contributed by atoms with Crippen LogP contribution in [0.15, 0.2) is 41.1 Å². The molecular weight excluding hydrogens is 330 g/mol. The molecule has 0 radical (unpaired) electrons. The number of nitro groups is 1. The number of anilines is 2. The highest BCUT2D eigenvalue weighted by atomic mass is 79.9. The van der Waals surface area contributed by atoms with Gasteiger partial charge in [-0.25, -0.2) is 4.79 Å². The fourth-order valence-electron chi connectivity index (χ4n) is 1.53. The monoisotopic (exact) mass is 337 g/mol. The van der Waals surface area contributed by atoms with Gasteiger partial charge in [0.15, 0.2) is 0 Å². The van der Waals surface area contributed by atoms with Gasteiger partial charge in [-0.2, -0.15) is 0 Å². The maximum absolute atomic E-state index is 10.9. The van der Waals surface area contributed by atoms with Gasteiger partial charge < -0.3 is 10.4 Å². The lowest BCUT2D eigenvalue weighted by molar-refractivity contribution is -0.384. The molecule has 102 valence electrons. The van der Waals surface area contributed by atoms with Gasteiger partial charge in [0.2, 0.25) is 0 Å². The first-order valence-corrected chi connectivity index (χ1v) is 6.16. The van der Waals surface area contributed by atoms with Gasteiger partial charge in [0, 0.05) is 11.9 Å². The number of rotatable bonds is 4. The van der Waals surface area contributed by atoms with Crippen molar-refractivity contribution in [3.63, 3.8) is 0 Å². The minimum atomic E-state index is -1.03. The van der Waals surface area contributed by atoms with Crippen molar-refractivity contribution in [3.8, 4) is 0 Å². The Labute approximate surface area is 121 Å². The van der Waals surface area contributed by atoms with E-state index < -0.39 is 10.9 Å². The Morgan fingerprint density at radius 2 is 1.95 bits per heavy atom. The molecular formula is C12H8BrN3O4. The fraction of sp³-hybridized carbons (Fsp3) is 0. The highest BCUT2D eigenvalue weighted by Gasteiger charge is 2.17. The molecule has 2 N–H and O–H groups in total. The molecule has 0 fully saturated rings. The Hall–Kier alpha value is -2.48. The van der Waals surface area contributed by atoms with Crippen molar-refractivity contribution in [2.75, 3.05) is 5.32 Å². The molecule has 1 aromatic carbocycles. The van der Waals surface area contributed by atoms with Crippen LogP contribution in [-0.4, -0.2) is 21.0 Å². The van der Waals surface area contributed by atoms with Gasteiger partial charge in [0.25, 0.3) is 0 Å². The van der Waals surface area contributed by atoms with Crippen LogP contribution in [0.3, 0.4) is 0 Å². The zero-order valence-corrected chi connectivity index (χ0v) is 11.5. The number of benzene rings is 1. The van der Waals surface area contributed by atoms with E-state index in [-0.39, 0.29) is 16.9 Å². The summed E-state index contributed by atoms with van der Waals surface area (Å²) in [6.07, 6.45) is 2.57. The summed E-state index contributed by atoms with van der Waals surface area (Å²) >= 11 is 3.19. The van der Waals surface area contributed by atoms with E-state index in [1.165, 1.54) is 30.5 Å². The van der Waals surface area contributed by atoms with Crippen molar-refractivity contribution in [2.24, 2.45) is 0 Å². The summed E-state index contributed by atoms with van der Waals surface area (Å²) in [5.74, 6) is -1.03. The Balaban J connectivity index is 2.34. The summed E-state index contributed by atoms with van der Waals surface area (Å²) < 4.78 is 0.439. The van der Waals surface area contributed by atoms with Crippen molar-refractivity contribution in [1.29, 1.82) is 0 Å². The maximum atomic E-state index is 10.9. The summed E-state index contributed by atoms with van der Waals surface area (Å²) in [4.78, 5) is 24.9. The number of aromatic nitrogens is 1. The molecule has 2 aromatic rings. The lowest BCUT2D eigenvalue weighted by atomic mass is 10.2. The molecule has 20 heavy (non-hydrogen) atoms. The Kier molecular flexibility index (Phi) is 3.94. The van der Waals surface area contributed by atoms with Crippen molar-refractivity contribution in [1.82, 2.24) is 4.98 Å². The second kappa shape index (κ2) is 5.66. The van der Waals surface area contributed by atoms with Crippen molar-refractivity contribution in [3.05, 3.63) is 56.8 Å². The van der Waals surface area contributed by atoms with E-state index in [9.17, 15) is 14.9 Å². The first kappa shape index (κ1) is 13.9. The second-order valence-electron chi connectivity index (χ2n) is 3.78. The predicted molar refractivity (Wildman–Crippen MR) is 75.3 cm³/mol. The Morgan fingerprint density at radius 1 is 1.30 bits per heavy atom. The normalized spacial score (nSPS) is 10.1. The lowest BCUT2D eigenvalue weighted by Gasteiger charge is -2.08. The third-order valence-corrected chi connectivity index (χ3v) is 3.08. The molecule has 1 aromatic heterocycles. The number of nitrogens with one attached hydrogen (secondary N) is 1. The number of aromatic carboxylic acids is 1.